The molecule has 9 heteroatoms. The molecule has 5 heterocycles. The summed E-state index contributed by atoms with van der Waals surface area (Å²) >= 11 is 0. The SMILES string of the molecule is CC1CCC2C(C)C(Nc3[nH]c(=O)ncc3F)OC3OC4(C)CCC1C32OO4. The summed E-state index contributed by atoms with van der Waals surface area (Å²) in [6.45, 7) is 6.17. The van der Waals surface area contributed by atoms with Crippen LogP contribution in [-0.4, -0.2) is 33.9 Å². The van der Waals surface area contributed by atoms with Crippen LogP contribution in [0.3, 0.4) is 0 Å². The van der Waals surface area contributed by atoms with Crippen LogP contribution in [0.25, 0.3) is 0 Å². The van der Waals surface area contributed by atoms with Crippen molar-refractivity contribution in [2.75, 3.05) is 5.32 Å². The van der Waals surface area contributed by atoms with Crippen LogP contribution in [0.2, 0.25) is 0 Å². The third-order valence-corrected chi connectivity index (χ3v) is 7.21. The van der Waals surface area contributed by atoms with Gasteiger partial charge in [0.1, 0.15) is 12.0 Å². The highest BCUT2D eigenvalue weighted by atomic mass is 19.1. The molecule has 4 saturated heterocycles. The maximum atomic E-state index is 14.1. The Labute approximate surface area is 162 Å². The number of nitrogens with zero attached hydrogens (tertiary/aromatic N) is 1. The van der Waals surface area contributed by atoms with Crippen LogP contribution in [0.1, 0.15) is 46.5 Å². The van der Waals surface area contributed by atoms with Crippen molar-refractivity contribution >= 4 is 5.82 Å². The van der Waals surface area contributed by atoms with Crippen LogP contribution in [0, 0.1) is 29.5 Å². The predicted molar refractivity (Wildman–Crippen MR) is 95.3 cm³/mol. The van der Waals surface area contributed by atoms with Crippen LogP contribution in [0.15, 0.2) is 11.0 Å². The number of aromatic amines is 1. The number of anilines is 1. The average molecular weight is 395 g/mol. The van der Waals surface area contributed by atoms with Gasteiger partial charge >= 0.3 is 5.69 Å². The quantitative estimate of drug-likeness (QED) is 0.743. The first kappa shape index (κ1) is 18.5. The molecule has 8 nitrogen and oxygen atoms in total. The summed E-state index contributed by atoms with van der Waals surface area (Å²) in [5.41, 5.74) is -1.29. The standard InChI is InChI=1S/C19H26FN3O5/c1-9-4-5-12-10(2)15(22-14-13(20)8-21-17(24)23-14)25-16-19(12)11(9)6-7-18(3,26-16)27-28-19/h8-12,15-16H,4-7H2,1-3H3,(H2,21,22,23,24). The molecule has 2 N–H and O–H groups in total. The number of H-pyrrole nitrogens is 1. The van der Waals surface area contributed by atoms with Crippen molar-refractivity contribution in [1.82, 2.24) is 9.97 Å². The van der Waals surface area contributed by atoms with Gasteiger partial charge in [0.25, 0.3) is 0 Å². The van der Waals surface area contributed by atoms with Crippen LogP contribution in [0.5, 0.6) is 0 Å². The van der Waals surface area contributed by atoms with Crippen molar-refractivity contribution in [3.63, 3.8) is 0 Å². The third-order valence-electron chi connectivity index (χ3n) is 7.21. The molecule has 1 aliphatic carbocycles. The first-order valence-corrected chi connectivity index (χ1v) is 10.0. The van der Waals surface area contributed by atoms with E-state index in [0.717, 1.165) is 31.9 Å². The van der Waals surface area contributed by atoms with Crippen LogP contribution in [-0.2, 0) is 19.2 Å². The Morgan fingerprint density at radius 3 is 2.89 bits per heavy atom. The van der Waals surface area contributed by atoms with Gasteiger partial charge in [-0.2, -0.15) is 4.98 Å². The zero-order chi connectivity index (χ0) is 19.7. The lowest BCUT2D eigenvalue weighted by atomic mass is 9.58. The van der Waals surface area contributed by atoms with E-state index in [1.54, 1.807) is 0 Å². The molecule has 28 heavy (non-hydrogen) atoms. The Kier molecular flexibility index (Phi) is 4.11. The fourth-order valence-electron chi connectivity index (χ4n) is 5.70. The van der Waals surface area contributed by atoms with E-state index in [4.69, 9.17) is 19.2 Å². The second kappa shape index (κ2) is 6.22. The van der Waals surface area contributed by atoms with E-state index in [2.05, 4.69) is 29.1 Å². The Bertz CT molecular complexity index is 836. The van der Waals surface area contributed by atoms with Crippen molar-refractivity contribution in [1.29, 1.82) is 0 Å². The highest BCUT2D eigenvalue weighted by molar-refractivity contribution is 5.35. The number of halogens is 1. The first-order chi connectivity index (χ1) is 13.3. The van der Waals surface area contributed by atoms with Crippen LogP contribution in [0.4, 0.5) is 10.2 Å². The van der Waals surface area contributed by atoms with Gasteiger partial charge < -0.3 is 14.8 Å². The van der Waals surface area contributed by atoms with Gasteiger partial charge in [0.15, 0.2) is 17.7 Å². The smallest absolute Gasteiger partial charge is 0.343 e. The second-order valence-electron chi connectivity index (χ2n) is 8.88. The van der Waals surface area contributed by atoms with Gasteiger partial charge in [-0.3, -0.25) is 4.98 Å². The summed E-state index contributed by atoms with van der Waals surface area (Å²) < 4.78 is 26.7. The molecule has 1 aromatic rings. The summed E-state index contributed by atoms with van der Waals surface area (Å²) in [5.74, 6) is -0.696. The largest absolute Gasteiger partial charge is 0.346 e. The maximum Gasteiger partial charge on any atom is 0.346 e. The first-order valence-electron chi connectivity index (χ1n) is 10.0. The zero-order valence-electron chi connectivity index (χ0n) is 16.2. The van der Waals surface area contributed by atoms with Gasteiger partial charge in [0.05, 0.1) is 6.20 Å². The van der Waals surface area contributed by atoms with E-state index in [9.17, 15) is 9.18 Å². The Balaban J connectivity index is 1.51. The minimum atomic E-state index is -0.862. The van der Waals surface area contributed by atoms with Gasteiger partial charge in [-0.25, -0.2) is 19.0 Å². The average Bonchev–Trinajstić information content (AvgIpc) is 2.88. The van der Waals surface area contributed by atoms with Crippen molar-refractivity contribution < 1.29 is 23.6 Å². The molecular weight excluding hydrogens is 369 g/mol. The van der Waals surface area contributed by atoms with E-state index >= 15 is 0 Å². The molecule has 1 aromatic heterocycles. The fourth-order valence-corrected chi connectivity index (χ4v) is 5.70. The Morgan fingerprint density at radius 1 is 1.25 bits per heavy atom. The van der Waals surface area contributed by atoms with Crippen LogP contribution >= 0.6 is 0 Å². The fraction of sp³-hybridized carbons (Fsp3) is 0.789. The molecular formula is C19H26FN3O5. The molecule has 1 spiro atoms. The highest BCUT2D eigenvalue weighted by Gasteiger charge is 2.69. The summed E-state index contributed by atoms with van der Waals surface area (Å²) in [7, 11) is 0. The minimum absolute atomic E-state index is 0.0167. The van der Waals surface area contributed by atoms with Gasteiger partial charge in [-0.1, -0.05) is 13.8 Å². The zero-order valence-corrected chi connectivity index (χ0v) is 16.2. The number of aromatic nitrogens is 2. The lowest BCUT2D eigenvalue weighted by Gasteiger charge is -2.60. The molecule has 8 atom stereocenters. The Morgan fingerprint density at radius 2 is 2.07 bits per heavy atom. The molecule has 1 saturated carbocycles. The van der Waals surface area contributed by atoms with Gasteiger partial charge in [-0.15, -0.1) is 0 Å². The summed E-state index contributed by atoms with van der Waals surface area (Å²) in [4.78, 5) is 29.2. The molecule has 4 aliphatic heterocycles. The molecule has 5 fully saturated rings. The molecule has 154 valence electrons. The lowest BCUT2D eigenvalue weighted by Crippen LogP contribution is -2.71. The van der Waals surface area contributed by atoms with E-state index < -0.39 is 35.4 Å². The maximum absolute atomic E-state index is 14.1. The van der Waals surface area contributed by atoms with Crippen molar-refractivity contribution in [2.45, 2.75) is 70.4 Å². The normalized spacial score (nSPS) is 47.3. The highest BCUT2D eigenvalue weighted by Crippen LogP contribution is 2.60. The molecule has 8 unspecified atom stereocenters. The van der Waals surface area contributed by atoms with E-state index in [1.165, 1.54) is 0 Å². The van der Waals surface area contributed by atoms with Gasteiger partial charge in [0, 0.05) is 18.3 Å². The molecule has 0 amide bonds. The number of rotatable bonds is 2. The van der Waals surface area contributed by atoms with E-state index in [1.807, 2.05) is 6.92 Å². The van der Waals surface area contributed by atoms with Crippen molar-refractivity contribution in [3.05, 3.63) is 22.5 Å². The van der Waals surface area contributed by atoms with E-state index in [-0.39, 0.29) is 23.6 Å². The molecule has 0 aromatic carbocycles. The molecule has 0 radical (unpaired) electrons. The number of nitrogens with one attached hydrogen (secondary N) is 2. The number of hydrogen-bond acceptors (Lipinski definition) is 7. The number of fused-ring (bicyclic) bond motifs is 2. The molecule has 5 aliphatic rings. The van der Waals surface area contributed by atoms with Gasteiger partial charge in [0.2, 0.25) is 5.79 Å². The number of hydrogen-bond donors (Lipinski definition) is 2. The summed E-state index contributed by atoms with van der Waals surface area (Å²) in [5, 5.41) is 3.01. The molecule has 2 bridgehead atoms. The predicted octanol–water partition coefficient (Wildman–Crippen LogP) is 2.53. The summed E-state index contributed by atoms with van der Waals surface area (Å²) in [6, 6.07) is 0. The second-order valence-corrected chi connectivity index (χ2v) is 8.88. The van der Waals surface area contributed by atoms with Crippen LogP contribution < -0.4 is 11.0 Å². The minimum Gasteiger partial charge on any atom is -0.343 e. The molecule has 6 rings (SSSR count). The Hall–Kier alpha value is -1.55. The van der Waals surface area contributed by atoms with Crippen molar-refractivity contribution in [2.24, 2.45) is 23.7 Å². The van der Waals surface area contributed by atoms with Crippen molar-refractivity contribution in [3.8, 4) is 0 Å². The topological polar surface area (TPSA) is 94.7 Å². The number of ether oxygens (including phenoxy) is 2. The lowest BCUT2D eigenvalue weighted by molar-refractivity contribution is -0.570. The van der Waals surface area contributed by atoms with Gasteiger partial charge in [-0.05, 0) is 38.0 Å². The monoisotopic (exact) mass is 395 g/mol. The van der Waals surface area contributed by atoms with E-state index in [0.29, 0.717) is 5.92 Å². The third kappa shape index (κ3) is 2.56. The summed E-state index contributed by atoms with van der Waals surface area (Å²) in [6.07, 6.45) is 3.43.